The number of rotatable bonds is 5. The fourth-order valence-corrected chi connectivity index (χ4v) is 1.17. The van der Waals surface area contributed by atoms with Gasteiger partial charge in [0.1, 0.15) is 0 Å². The Balaban J connectivity index is 0. The van der Waals surface area contributed by atoms with Crippen molar-refractivity contribution in [1.82, 2.24) is 4.72 Å². The molecule has 0 unspecified atom stereocenters. The summed E-state index contributed by atoms with van der Waals surface area (Å²) in [7, 11) is -2.94. The van der Waals surface area contributed by atoms with E-state index < -0.39 is 10.0 Å². The third-order valence-electron chi connectivity index (χ3n) is 1.23. The zero-order valence-electron chi connectivity index (χ0n) is 8.55. The van der Waals surface area contributed by atoms with Gasteiger partial charge in [0.2, 0.25) is 10.0 Å². The number of hydrogen-bond acceptors (Lipinski definition) is 2. The summed E-state index contributed by atoms with van der Waals surface area (Å²) in [5.41, 5.74) is 0. The fourth-order valence-electron chi connectivity index (χ4n) is 0.507. The Morgan fingerprint density at radius 2 is 1.67 bits per heavy atom. The molecule has 0 amide bonds. The van der Waals surface area contributed by atoms with Crippen LogP contribution >= 0.6 is 0 Å². The number of nitrogens with one attached hydrogen (secondary N) is 1. The standard InChI is InChI=1S/C6H15NO2S.C2H6/c1-3-5-6-7-10(8,9)4-2;1-2/h7H,3-6H2,1-2H3;1-2H3. The molecule has 0 spiro atoms. The van der Waals surface area contributed by atoms with E-state index in [0.29, 0.717) is 6.54 Å². The minimum Gasteiger partial charge on any atom is -0.215 e. The first-order valence-corrected chi connectivity index (χ1v) is 6.25. The molecule has 0 aromatic heterocycles. The maximum Gasteiger partial charge on any atom is 0.211 e. The van der Waals surface area contributed by atoms with Crippen LogP contribution in [0.15, 0.2) is 0 Å². The fraction of sp³-hybridized carbons (Fsp3) is 1.00. The minimum absolute atomic E-state index is 0.177. The highest BCUT2D eigenvalue weighted by Gasteiger charge is 2.02. The van der Waals surface area contributed by atoms with Gasteiger partial charge in [0.05, 0.1) is 5.75 Å². The first-order valence-electron chi connectivity index (χ1n) is 4.59. The molecule has 0 aromatic carbocycles. The quantitative estimate of drug-likeness (QED) is 0.679. The van der Waals surface area contributed by atoms with Crippen LogP contribution in [0.1, 0.15) is 40.5 Å². The molecule has 0 aromatic rings. The van der Waals surface area contributed by atoms with Crippen LogP contribution in [0.2, 0.25) is 0 Å². The largest absolute Gasteiger partial charge is 0.215 e. The third-order valence-corrected chi connectivity index (χ3v) is 2.64. The van der Waals surface area contributed by atoms with Crippen molar-refractivity contribution in [2.24, 2.45) is 0 Å². The van der Waals surface area contributed by atoms with E-state index in [1.54, 1.807) is 6.92 Å². The molecule has 0 rings (SSSR count). The van der Waals surface area contributed by atoms with E-state index in [-0.39, 0.29) is 5.75 Å². The molecule has 76 valence electrons. The molecular weight excluding hydrogens is 174 g/mol. The van der Waals surface area contributed by atoms with Crippen molar-refractivity contribution in [3.8, 4) is 0 Å². The van der Waals surface area contributed by atoms with Crippen LogP contribution < -0.4 is 4.72 Å². The Morgan fingerprint density at radius 3 is 2.00 bits per heavy atom. The van der Waals surface area contributed by atoms with Gasteiger partial charge in [-0.25, -0.2) is 13.1 Å². The molecule has 3 nitrogen and oxygen atoms in total. The molecule has 0 atom stereocenters. The summed E-state index contributed by atoms with van der Waals surface area (Å²) in [6.07, 6.45) is 1.94. The molecule has 0 bridgehead atoms. The molecule has 0 radical (unpaired) electrons. The number of unbranched alkanes of at least 4 members (excludes halogenated alkanes) is 1. The molecule has 0 heterocycles. The van der Waals surface area contributed by atoms with Crippen molar-refractivity contribution in [3.63, 3.8) is 0 Å². The Labute approximate surface area is 76.6 Å². The van der Waals surface area contributed by atoms with Gasteiger partial charge < -0.3 is 0 Å². The first-order chi connectivity index (χ1) is 5.62. The van der Waals surface area contributed by atoms with Crippen LogP contribution in [-0.2, 0) is 10.0 Å². The molecule has 0 saturated carbocycles. The lowest BCUT2D eigenvalue weighted by Gasteiger charge is -2.01. The van der Waals surface area contributed by atoms with Gasteiger partial charge in [-0.2, -0.15) is 0 Å². The van der Waals surface area contributed by atoms with Crippen molar-refractivity contribution in [2.45, 2.75) is 40.5 Å². The van der Waals surface area contributed by atoms with Gasteiger partial charge in [0.15, 0.2) is 0 Å². The maximum atomic E-state index is 10.8. The Bertz CT molecular complexity index is 164. The van der Waals surface area contributed by atoms with Gasteiger partial charge in [-0.05, 0) is 13.3 Å². The summed E-state index contributed by atoms with van der Waals surface area (Å²) < 4.78 is 24.0. The molecule has 4 heteroatoms. The van der Waals surface area contributed by atoms with Gasteiger partial charge in [-0.15, -0.1) is 0 Å². The summed E-state index contributed by atoms with van der Waals surface area (Å²) >= 11 is 0. The lowest BCUT2D eigenvalue weighted by Crippen LogP contribution is -2.25. The molecule has 0 aliphatic rings. The molecule has 0 aliphatic carbocycles. The lowest BCUT2D eigenvalue weighted by molar-refractivity contribution is 0.579. The predicted molar refractivity (Wildman–Crippen MR) is 53.7 cm³/mol. The van der Waals surface area contributed by atoms with Gasteiger partial charge in [0, 0.05) is 6.54 Å². The smallest absolute Gasteiger partial charge is 0.211 e. The van der Waals surface area contributed by atoms with Gasteiger partial charge >= 0.3 is 0 Å². The number of sulfonamides is 1. The van der Waals surface area contributed by atoms with Crippen LogP contribution in [0.25, 0.3) is 0 Å². The zero-order chi connectivity index (χ0) is 10.0. The average molecular weight is 195 g/mol. The van der Waals surface area contributed by atoms with Crippen LogP contribution in [-0.4, -0.2) is 20.7 Å². The van der Waals surface area contributed by atoms with Gasteiger partial charge in [0.25, 0.3) is 0 Å². The summed E-state index contributed by atoms with van der Waals surface area (Å²) in [5.74, 6) is 0.177. The van der Waals surface area contributed by atoms with E-state index in [1.807, 2.05) is 20.8 Å². The average Bonchev–Trinajstić information content (AvgIpc) is 2.09. The van der Waals surface area contributed by atoms with E-state index in [1.165, 1.54) is 0 Å². The van der Waals surface area contributed by atoms with Crippen LogP contribution in [0, 0.1) is 0 Å². The second-order valence-corrected chi connectivity index (χ2v) is 4.25. The van der Waals surface area contributed by atoms with Gasteiger partial charge in [-0.3, -0.25) is 0 Å². The van der Waals surface area contributed by atoms with E-state index in [9.17, 15) is 8.42 Å². The highest BCUT2D eigenvalue weighted by molar-refractivity contribution is 7.89. The molecule has 1 N–H and O–H groups in total. The lowest BCUT2D eigenvalue weighted by atomic mass is 10.3. The van der Waals surface area contributed by atoms with E-state index in [2.05, 4.69) is 4.72 Å². The second kappa shape index (κ2) is 9.00. The third kappa shape index (κ3) is 9.91. The summed E-state index contributed by atoms with van der Waals surface area (Å²) in [4.78, 5) is 0. The summed E-state index contributed by atoms with van der Waals surface area (Å²) in [6.45, 7) is 8.24. The zero-order valence-corrected chi connectivity index (χ0v) is 9.37. The second-order valence-electron chi connectivity index (χ2n) is 2.15. The topological polar surface area (TPSA) is 46.2 Å². The molecule has 12 heavy (non-hydrogen) atoms. The van der Waals surface area contributed by atoms with E-state index in [4.69, 9.17) is 0 Å². The van der Waals surface area contributed by atoms with Crippen molar-refractivity contribution < 1.29 is 8.42 Å². The predicted octanol–water partition coefficient (Wildman–Crippen LogP) is 1.75. The molecule has 0 fully saturated rings. The highest BCUT2D eigenvalue weighted by Crippen LogP contribution is 1.86. The van der Waals surface area contributed by atoms with Crippen molar-refractivity contribution >= 4 is 10.0 Å². The minimum atomic E-state index is -2.94. The van der Waals surface area contributed by atoms with Crippen LogP contribution in [0.4, 0.5) is 0 Å². The van der Waals surface area contributed by atoms with Crippen LogP contribution in [0.5, 0.6) is 0 Å². The molecule has 0 aliphatic heterocycles. The Kier molecular flexibility index (Phi) is 10.8. The Morgan fingerprint density at radius 1 is 1.17 bits per heavy atom. The SMILES string of the molecule is CC.CCCCNS(=O)(=O)CC. The van der Waals surface area contributed by atoms with Crippen molar-refractivity contribution in [2.75, 3.05) is 12.3 Å². The Hall–Kier alpha value is -0.0900. The monoisotopic (exact) mass is 195 g/mol. The summed E-state index contributed by atoms with van der Waals surface area (Å²) in [6, 6.07) is 0. The number of hydrogen-bond donors (Lipinski definition) is 1. The van der Waals surface area contributed by atoms with Crippen LogP contribution in [0.3, 0.4) is 0 Å². The van der Waals surface area contributed by atoms with Crippen molar-refractivity contribution in [3.05, 3.63) is 0 Å². The van der Waals surface area contributed by atoms with E-state index in [0.717, 1.165) is 12.8 Å². The van der Waals surface area contributed by atoms with E-state index >= 15 is 0 Å². The molecule has 0 saturated heterocycles. The maximum absolute atomic E-state index is 10.8. The highest BCUT2D eigenvalue weighted by atomic mass is 32.2. The summed E-state index contributed by atoms with van der Waals surface area (Å²) in [5, 5.41) is 0. The van der Waals surface area contributed by atoms with Gasteiger partial charge in [-0.1, -0.05) is 27.2 Å². The van der Waals surface area contributed by atoms with Crippen molar-refractivity contribution in [1.29, 1.82) is 0 Å². The first kappa shape index (κ1) is 14.4. The normalized spacial score (nSPS) is 10.3. The molecular formula is C8H21NO2S.